The second kappa shape index (κ2) is 50.4. The first kappa shape index (κ1) is 105. The number of carboxylic acids is 1. The summed E-state index contributed by atoms with van der Waals surface area (Å²) in [6.45, 7) is 1.08. The number of aliphatic carboxylic acids is 1. The van der Waals surface area contributed by atoms with Crippen molar-refractivity contribution in [2.75, 3.05) is 20.4 Å². The number of aliphatic hydroxyl groups excluding tert-OH is 1. The molecule has 6 aliphatic rings. The molecule has 8 aromatic heterocycles. The van der Waals surface area contributed by atoms with Gasteiger partial charge in [0.05, 0.1) is 95.7 Å². The maximum absolute atomic E-state index is 12.9. The molecule has 14 aromatic rings. The van der Waals surface area contributed by atoms with Crippen LogP contribution in [0.25, 0.3) is 51.1 Å². The summed E-state index contributed by atoms with van der Waals surface area (Å²) in [5.74, 6) is 0.537. The van der Waals surface area contributed by atoms with Gasteiger partial charge in [-0.3, -0.25) is 28.5 Å². The number of hydrogen-bond donors (Lipinski definition) is 2. The smallest absolute Gasteiger partial charge is 1.00 e. The van der Waals surface area contributed by atoms with E-state index in [2.05, 4.69) is 169 Å². The standard InChI is InChI=1S/C36H32ClN3O.C28H20ClN3O.C17H20ClN3O.C17H18ClN3O.C10H19O4P.C2H4O2.B.Na.H/c37-35-24-21-31(32(39-35)22-23-34(41)27-13-5-1-6-14-27)33-25-40(26-38-33)36(28-15-7-2-8-16-28,29-17-9-3-10-18-29)30-19-11-4-12-20-30;29-27-17-16-24(26(19-33)31-27)25-18-32(20-30-25)28(21-10-4-1-5-11-21,22-12-6-2-7-13-22)23-14-8-3-9-15-23;2*18-16-7-6-12-14-9-19-10-21(14)13(17(12)20-16)8-15(22)11-4-2-1-3-5-11;1-13-15(12,14-2)8-10(11)9-6-4-3-5-7-9;1-2(3)4;;;/h2-4,7-12,15-27H,1,5-6,13-14H2;1-20H;6-7,9-11,13,15,22H,1-5,8H2;6-7,9-11,13H,1-5,8H2;9H,3-8H2,1-2H3;1H3,(H,3,4);;;/q;;;;;;;+1;-1/b23-22+;;;;;;;;. The Balaban J connectivity index is 0.000000160. The number of hydrogen-bond acceptors (Lipinski definition) is 17. The fraction of sp³-hybridized carbons (Fsp3) is 0.318. The van der Waals surface area contributed by atoms with Crippen LogP contribution in [-0.2, 0) is 43.9 Å². The number of pyridine rings is 4. The first-order valence-corrected chi connectivity index (χ1v) is 50.4. The van der Waals surface area contributed by atoms with E-state index in [4.69, 9.17) is 70.3 Å². The van der Waals surface area contributed by atoms with E-state index < -0.39 is 24.6 Å². The van der Waals surface area contributed by atoms with Gasteiger partial charge in [-0.2, -0.15) is 0 Å². The molecular formula is C110H114BCl4N12NaO10P. The Hall–Kier alpha value is -11.0. The number of aliphatic hydroxyl groups is 1. The molecule has 6 aromatic carbocycles. The summed E-state index contributed by atoms with van der Waals surface area (Å²) in [6, 6.07) is 77.3. The predicted octanol–water partition coefficient (Wildman–Crippen LogP) is 22.2. The molecule has 0 saturated heterocycles. The summed E-state index contributed by atoms with van der Waals surface area (Å²) in [7, 11) is -0.518. The maximum atomic E-state index is 12.9. The Morgan fingerprint density at radius 3 is 1.17 bits per heavy atom. The second-order valence-corrected chi connectivity index (χ2v) is 39.3. The largest absolute Gasteiger partial charge is 1.00 e. The SMILES string of the molecule is CC(=O)O.COP(=O)(CC(=O)C1CCCCC1)OC.O=C(/C=C/c1nc(Cl)ccc1-c1cn(C(c2ccccc2)(c2ccccc2)c2ccccc2)cn1)C1CCCCC1.O=C(CC1c2nc(Cl)ccc2-c2cncn21)C1CCCCC1.O=Cc1nc(Cl)ccc1-c1cn(C(c2ccccc2)(c2ccccc2)c2ccccc2)cn1.OC(CC1c2nc(Cl)ccc2-c2cncn21)C1CCCCC1.[B].[H-].[Na+]. The molecule has 711 valence electrons. The minimum atomic E-state index is -3.15. The first-order chi connectivity index (χ1) is 66.7. The van der Waals surface area contributed by atoms with Crippen LogP contribution in [-0.4, -0.2) is 133 Å². The summed E-state index contributed by atoms with van der Waals surface area (Å²) < 4.78 is 29.7. The van der Waals surface area contributed by atoms with Crippen molar-refractivity contribution in [3.63, 3.8) is 0 Å². The van der Waals surface area contributed by atoms with Gasteiger partial charge in [-0.15, -0.1) is 0 Å². The van der Waals surface area contributed by atoms with E-state index in [-0.39, 0.29) is 104 Å². The number of allylic oxidation sites excluding steroid dienone is 1. The quantitative estimate of drug-likeness (QED) is 0.0134. The number of Topliss-reactive ketones (excluding diaryl/α,β-unsaturated/α-hetero) is 2. The van der Waals surface area contributed by atoms with Crippen LogP contribution >= 0.6 is 54.0 Å². The number of ketones is 3. The van der Waals surface area contributed by atoms with Crippen molar-refractivity contribution in [2.24, 2.45) is 23.7 Å². The number of nitrogens with zero attached hydrogens (tertiary/aromatic N) is 12. The number of rotatable bonds is 25. The van der Waals surface area contributed by atoms with E-state index in [0.29, 0.717) is 63.2 Å². The molecule has 2 N–H and O–H groups in total. The Labute approximate surface area is 858 Å². The molecule has 3 radical (unpaired) electrons. The molecule has 4 fully saturated rings. The molecule has 2 aliphatic heterocycles. The van der Waals surface area contributed by atoms with Gasteiger partial charge in [0, 0.05) is 94.8 Å². The number of carbonyl (C=O) groups is 5. The van der Waals surface area contributed by atoms with Crippen molar-refractivity contribution in [1.82, 2.24) is 58.1 Å². The molecule has 4 aliphatic carbocycles. The monoisotopic (exact) mass is 1970 g/mol. The van der Waals surface area contributed by atoms with E-state index in [1.54, 1.807) is 42.7 Å². The Morgan fingerprint density at radius 1 is 0.453 bits per heavy atom. The molecule has 10 heterocycles. The van der Waals surface area contributed by atoms with Gasteiger partial charge in [-0.05, 0) is 151 Å². The number of benzene rings is 6. The average Bonchev–Trinajstić information content (AvgIpc) is 1.26. The molecule has 139 heavy (non-hydrogen) atoms. The van der Waals surface area contributed by atoms with Crippen LogP contribution in [0.5, 0.6) is 0 Å². The van der Waals surface area contributed by atoms with E-state index >= 15 is 0 Å². The molecule has 3 unspecified atom stereocenters. The summed E-state index contributed by atoms with van der Waals surface area (Å²) in [4.78, 5) is 93.9. The van der Waals surface area contributed by atoms with E-state index in [1.165, 1.54) is 65.6 Å². The zero-order chi connectivity index (χ0) is 95.8. The fourth-order valence-electron chi connectivity index (χ4n) is 20.2. The molecule has 0 spiro atoms. The molecular weight excluding hydrogens is 1860 g/mol. The third-order valence-electron chi connectivity index (χ3n) is 27.0. The number of aromatic nitrogens is 12. The number of carboxylic acid groups (broad SMARTS) is 1. The van der Waals surface area contributed by atoms with Crippen molar-refractivity contribution < 1.29 is 78.8 Å². The maximum Gasteiger partial charge on any atom is 1.00 e. The van der Waals surface area contributed by atoms with Gasteiger partial charge in [0.2, 0.25) is 0 Å². The second-order valence-electron chi connectivity index (χ2n) is 35.5. The fourth-order valence-corrected chi connectivity index (χ4v) is 21.9. The molecule has 22 nitrogen and oxygen atoms in total. The van der Waals surface area contributed by atoms with Crippen molar-refractivity contribution in [3.05, 3.63) is 363 Å². The summed E-state index contributed by atoms with van der Waals surface area (Å²) in [5, 5.41) is 19.8. The number of imidazole rings is 4. The first-order valence-electron chi connectivity index (χ1n) is 47.2. The Morgan fingerprint density at radius 2 is 0.784 bits per heavy atom. The van der Waals surface area contributed by atoms with Crippen molar-refractivity contribution in [3.8, 4) is 45.0 Å². The topological polar surface area (TPSA) is 284 Å². The number of carbonyl (C=O) groups excluding carboxylic acids is 4. The zero-order valence-electron chi connectivity index (χ0n) is 79.7. The van der Waals surface area contributed by atoms with Gasteiger partial charge in [0.25, 0.3) is 5.97 Å². The zero-order valence-corrected chi connectivity index (χ0v) is 84.6. The van der Waals surface area contributed by atoms with Gasteiger partial charge in [-0.1, -0.05) is 305 Å². The van der Waals surface area contributed by atoms with E-state index in [0.717, 1.165) is 163 Å². The molecule has 20 rings (SSSR count). The third kappa shape index (κ3) is 25.1. The number of halogens is 4. The van der Waals surface area contributed by atoms with Crippen LogP contribution in [0, 0.1) is 23.7 Å². The van der Waals surface area contributed by atoms with Gasteiger partial charge in [0.15, 0.2) is 12.1 Å². The summed E-state index contributed by atoms with van der Waals surface area (Å²) in [5.41, 5.74) is 15.2. The van der Waals surface area contributed by atoms with Gasteiger partial charge in [0.1, 0.15) is 55.1 Å². The Kier molecular flexibility index (Phi) is 38.2. The number of fused-ring (bicyclic) bond motifs is 6. The Bertz CT molecular complexity index is 6280. The molecule has 3 atom stereocenters. The molecule has 0 bridgehead atoms. The van der Waals surface area contributed by atoms with Crippen LogP contribution in [0.4, 0.5) is 0 Å². The van der Waals surface area contributed by atoms with Crippen LogP contribution in [0.2, 0.25) is 20.6 Å². The minimum Gasteiger partial charge on any atom is -1.00 e. The van der Waals surface area contributed by atoms with Gasteiger partial charge >= 0.3 is 37.2 Å². The molecule has 0 amide bonds. The van der Waals surface area contributed by atoms with E-state index in [9.17, 15) is 28.8 Å². The molecule has 29 heteroatoms. The van der Waals surface area contributed by atoms with E-state index in [1.807, 2.05) is 135 Å². The van der Waals surface area contributed by atoms with Gasteiger partial charge < -0.3 is 39.0 Å². The van der Waals surface area contributed by atoms with Crippen molar-refractivity contribution in [2.45, 2.75) is 177 Å². The minimum absolute atomic E-state index is 0. The van der Waals surface area contributed by atoms with Crippen LogP contribution in [0.3, 0.4) is 0 Å². The average molecular weight is 1970 g/mol. The summed E-state index contributed by atoms with van der Waals surface area (Å²) in [6.07, 6.45) is 42.4. The summed E-state index contributed by atoms with van der Waals surface area (Å²) >= 11 is 24.5. The van der Waals surface area contributed by atoms with Crippen molar-refractivity contribution in [1.29, 1.82) is 0 Å². The normalized spacial score (nSPS) is 16.0. The third-order valence-corrected chi connectivity index (χ3v) is 29.6. The van der Waals surface area contributed by atoms with Crippen LogP contribution in [0.15, 0.2) is 287 Å². The molecule has 4 saturated carbocycles. The van der Waals surface area contributed by atoms with Crippen molar-refractivity contribution >= 4 is 98.1 Å². The van der Waals surface area contributed by atoms with Crippen LogP contribution < -0.4 is 29.6 Å². The van der Waals surface area contributed by atoms with Gasteiger partial charge in [-0.25, -0.2) is 39.9 Å². The predicted molar refractivity (Wildman–Crippen MR) is 545 cm³/mol. The number of aldehydes is 1. The van der Waals surface area contributed by atoms with Crippen LogP contribution in [0.1, 0.15) is 223 Å².